The fourth-order valence-electron chi connectivity index (χ4n) is 3.55. The molecule has 0 spiro atoms. The normalized spacial score (nSPS) is 19.4. The Morgan fingerprint density at radius 1 is 1.15 bits per heavy atom. The molecule has 26 heavy (non-hydrogen) atoms. The quantitative estimate of drug-likeness (QED) is 0.789. The number of nitrogens with one attached hydrogen (secondary N) is 1. The average Bonchev–Trinajstić information content (AvgIpc) is 3.19. The van der Waals surface area contributed by atoms with Gasteiger partial charge in [0.05, 0.1) is 18.3 Å². The van der Waals surface area contributed by atoms with E-state index in [0.29, 0.717) is 24.6 Å². The molecule has 0 saturated heterocycles. The van der Waals surface area contributed by atoms with Gasteiger partial charge in [-0.15, -0.1) is 0 Å². The highest BCUT2D eigenvalue weighted by molar-refractivity contribution is 5.95. The molecule has 132 valence electrons. The van der Waals surface area contributed by atoms with Crippen LogP contribution in [0.1, 0.15) is 53.7 Å². The van der Waals surface area contributed by atoms with E-state index in [1.807, 2.05) is 46.8 Å². The van der Waals surface area contributed by atoms with Crippen molar-refractivity contribution in [2.45, 2.75) is 38.3 Å². The van der Waals surface area contributed by atoms with E-state index in [0.717, 1.165) is 22.9 Å². The summed E-state index contributed by atoms with van der Waals surface area (Å²) < 4.78 is 1.98. The molecule has 1 aliphatic heterocycles. The van der Waals surface area contributed by atoms with Crippen LogP contribution in [0.5, 0.6) is 0 Å². The number of H-pyrrole nitrogens is 1. The van der Waals surface area contributed by atoms with E-state index in [1.165, 1.54) is 12.8 Å². The van der Waals surface area contributed by atoms with Crippen molar-refractivity contribution in [1.82, 2.24) is 29.9 Å². The van der Waals surface area contributed by atoms with Crippen molar-refractivity contribution in [3.63, 3.8) is 0 Å². The minimum Gasteiger partial charge on any atom is -0.327 e. The van der Waals surface area contributed by atoms with E-state index in [9.17, 15) is 4.79 Å². The zero-order chi connectivity index (χ0) is 17.7. The van der Waals surface area contributed by atoms with Gasteiger partial charge in [0.15, 0.2) is 5.82 Å². The summed E-state index contributed by atoms with van der Waals surface area (Å²) >= 11 is 0. The first-order chi connectivity index (χ1) is 12.7. The number of benzene rings is 1. The smallest absolute Gasteiger partial charge is 0.254 e. The zero-order valence-corrected chi connectivity index (χ0v) is 14.6. The Labute approximate surface area is 151 Å². The van der Waals surface area contributed by atoms with Crippen molar-refractivity contribution in [3.05, 3.63) is 53.7 Å². The lowest BCUT2D eigenvalue weighted by Crippen LogP contribution is -2.41. The van der Waals surface area contributed by atoms with Crippen LogP contribution in [-0.2, 0) is 6.54 Å². The first kappa shape index (κ1) is 15.3. The fourth-order valence-corrected chi connectivity index (χ4v) is 3.55. The summed E-state index contributed by atoms with van der Waals surface area (Å²) in [5, 5.41) is 11.5. The van der Waals surface area contributed by atoms with Gasteiger partial charge in [0.2, 0.25) is 0 Å². The zero-order valence-electron chi connectivity index (χ0n) is 14.6. The fraction of sp³-hybridized carbons (Fsp3) is 0.368. The molecule has 1 aromatic carbocycles. The lowest BCUT2D eigenvalue weighted by molar-refractivity contribution is 0.0631. The van der Waals surface area contributed by atoms with Crippen molar-refractivity contribution >= 4 is 5.91 Å². The van der Waals surface area contributed by atoms with Crippen LogP contribution in [0.15, 0.2) is 36.5 Å². The van der Waals surface area contributed by atoms with Crippen LogP contribution in [0, 0.1) is 0 Å². The number of nitrogens with zero attached hydrogens (tertiary/aromatic N) is 5. The largest absolute Gasteiger partial charge is 0.327 e. The van der Waals surface area contributed by atoms with Crippen LogP contribution in [0.25, 0.3) is 11.3 Å². The lowest BCUT2D eigenvalue weighted by atomic mass is 10.1. The Bertz CT molecular complexity index is 939. The molecular formula is C19H20N6O. The summed E-state index contributed by atoms with van der Waals surface area (Å²) in [5.41, 5.74) is 2.64. The number of aromatic amines is 1. The lowest BCUT2D eigenvalue weighted by Gasteiger charge is -2.33. The Hall–Kier alpha value is -2.96. The maximum atomic E-state index is 13.0. The number of fused-ring (bicyclic) bond motifs is 1. The topological polar surface area (TPSA) is 79.7 Å². The highest BCUT2D eigenvalue weighted by atomic mass is 16.2. The Morgan fingerprint density at radius 3 is 2.65 bits per heavy atom. The maximum Gasteiger partial charge on any atom is 0.254 e. The Kier molecular flexibility index (Phi) is 3.41. The van der Waals surface area contributed by atoms with Crippen LogP contribution in [-0.4, -0.2) is 42.3 Å². The predicted molar refractivity (Wildman–Crippen MR) is 95.5 cm³/mol. The molecule has 0 radical (unpaired) electrons. The number of carbonyl (C=O) groups is 1. The second kappa shape index (κ2) is 5.79. The molecular weight excluding hydrogens is 328 g/mol. The number of aromatic nitrogens is 5. The van der Waals surface area contributed by atoms with E-state index >= 15 is 0 Å². The van der Waals surface area contributed by atoms with Crippen LogP contribution < -0.4 is 0 Å². The minimum absolute atomic E-state index is 0.0379. The van der Waals surface area contributed by atoms with E-state index in [2.05, 4.69) is 15.3 Å². The van der Waals surface area contributed by atoms with Gasteiger partial charge in [0, 0.05) is 24.2 Å². The van der Waals surface area contributed by atoms with Gasteiger partial charge in [-0.2, -0.15) is 10.2 Å². The molecule has 2 aliphatic rings. The molecule has 3 heterocycles. The van der Waals surface area contributed by atoms with Crippen molar-refractivity contribution in [3.8, 4) is 11.3 Å². The summed E-state index contributed by atoms with van der Waals surface area (Å²) in [6.07, 6.45) is 4.09. The van der Waals surface area contributed by atoms with Gasteiger partial charge in [0.1, 0.15) is 5.82 Å². The van der Waals surface area contributed by atoms with Crippen LogP contribution in [0.4, 0.5) is 0 Å². The summed E-state index contributed by atoms with van der Waals surface area (Å²) in [4.78, 5) is 19.6. The van der Waals surface area contributed by atoms with Crippen molar-refractivity contribution < 1.29 is 4.79 Å². The molecule has 1 atom stereocenters. The molecule has 1 aliphatic carbocycles. The minimum atomic E-state index is -0.0662. The molecule has 1 N–H and O–H groups in total. The third kappa shape index (κ3) is 2.51. The molecule has 2 aromatic heterocycles. The molecule has 0 unspecified atom stereocenters. The van der Waals surface area contributed by atoms with Crippen molar-refractivity contribution in [1.29, 1.82) is 0 Å². The van der Waals surface area contributed by atoms with E-state index < -0.39 is 0 Å². The Balaban J connectivity index is 1.38. The summed E-state index contributed by atoms with van der Waals surface area (Å²) in [5.74, 6) is 2.42. The standard InChI is InChI=1S/C19H20N6O/c1-12-18-21-17(14-4-5-14)23-25(18)11-10-24(12)19(26)15-6-2-13(3-7-15)16-8-9-20-22-16/h2-3,6-9,12,14H,4-5,10-11H2,1H3,(H,20,22)/t12-/m1/s1. The molecule has 3 aromatic rings. The molecule has 7 heteroatoms. The van der Waals surface area contributed by atoms with Gasteiger partial charge < -0.3 is 4.90 Å². The van der Waals surface area contributed by atoms with Gasteiger partial charge in [-0.05, 0) is 43.5 Å². The number of hydrogen-bond donors (Lipinski definition) is 1. The summed E-state index contributed by atoms with van der Waals surface area (Å²) in [6.45, 7) is 3.40. The van der Waals surface area contributed by atoms with Gasteiger partial charge in [-0.1, -0.05) is 12.1 Å². The number of rotatable bonds is 3. The average molecular weight is 348 g/mol. The summed E-state index contributed by atoms with van der Waals surface area (Å²) in [6, 6.07) is 9.49. The SMILES string of the molecule is C[C@@H]1c2nc(C3CC3)nn2CCN1C(=O)c1ccc(-c2ccn[nH]2)cc1. The highest BCUT2D eigenvalue weighted by Gasteiger charge is 2.34. The van der Waals surface area contributed by atoms with Gasteiger partial charge in [0.25, 0.3) is 5.91 Å². The van der Waals surface area contributed by atoms with E-state index in [-0.39, 0.29) is 11.9 Å². The van der Waals surface area contributed by atoms with Crippen molar-refractivity contribution in [2.24, 2.45) is 0 Å². The second-order valence-corrected chi connectivity index (χ2v) is 7.05. The maximum absolute atomic E-state index is 13.0. The van der Waals surface area contributed by atoms with Crippen LogP contribution >= 0.6 is 0 Å². The highest BCUT2D eigenvalue weighted by Crippen LogP contribution is 2.39. The third-order valence-corrected chi connectivity index (χ3v) is 5.26. The van der Waals surface area contributed by atoms with E-state index in [4.69, 9.17) is 4.98 Å². The van der Waals surface area contributed by atoms with E-state index in [1.54, 1.807) is 6.20 Å². The first-order valence-electron chi connectivity index (χ1n) is 9.06. The van der Waals surface area contributed by atoms with Gasteiger partial charge >= 0.3 is 0 Å². The Morgan fingerprint density at radius 2 is 1.96 bits per heavy atom. The number of amides is 1. The molecule has 0 bridgehead atoms. The molecule has 1 saturated carbocycles. The monoisotopic (exact) mass is 348 g/mol. The third-order valence-electron chi connectivity index (χ3n) is 5.26. The predicted octanol–water partition coefficient (Wildman–Crippen LogP) is 2.76. The second-order valence-electron chi connectivity index (χ2n) is 7.05. The first-order valence-corrected chi connectivity index (χ1v) is 9.06. The number of carbonyl (C=O) groups excluding carboxylic acids is 1. The van der Waals surface area contributed by atoms with Crippen LogP contribution in [0.3, 0.4) is 0 Å². The van der Waals surface area contributed by atoms with Gasteiger partial charge in [-0.25, -0.2) is 9.67 Å². The molecule has 7 nitrogen and oxygen atoms in total. The van der Waals surface area contributed by atoms with Gasteiger partial charge in [-0.3, -0.25) is 9.89 Å². The molecule has 1 fully saturated rings. The summed E-state index contributed by atoms with van der Waals surface area (Å²) in [7, 11) is 0. The van der Waals surface area contributed by atoms with Crippen molar-refractivity contribution in [2.75, 3.05) is 6.54 Å². The molecule has 1 amide bonds. The number of hydrogen-bond acceptors (Lipinski definition) is 4. The van der Waals surface area contributed by atoms with Crippen LogP contribution in [0.2, 0.25) is 0 Å². The molecule has 5 rings (SSSR count).